The van der Waals surface area contributed by atoms with Gasteiger partial charge in [0.25, 0.3) is 11.5 Å². The van der Waals surface area contributed by atoms with Crippen molar-refractivity contribution in [2.45, 2.75) is 44.9 Å². The Morgan fingerprint density at radius 3 is 2.80 bits per heavy atom. The summed E-state index contributed by atoms with van der Waals surface area (Å²) in [4.78, 5) is 28.8. The molecule has 2 N–H and O–H groups in total. The zero-order valence-corrected chi connectivity index (χ0v) is 14.3. The minimum Gasteiger partial charge on any atom is -0.393 e. The van der Waals surface area contributed by atoms with Crippen LogP contribution in [0.25, 0.3) is 0 Å². The quantitative estimate of drug-likeness (QED) is 0.831. The zero-order valence-electron chi connectivity index (χ0n) is 14.3. The molecule has 0 aromatic carbocycles. The minimum atomic E-state index is -0.290. The molecule has 0 spiro atoms. The SMILES string of the molecule is CCn1ccc(C(=O)N[C@H](Cc2ccccn2)C2CC(O)C2)cc1=O. The van der Waals surface area contributed by atoms with Gasteiger partial charge in [-0.15, -0.1) is 0 Å². The van der Waals surface area contributed by atoms with Gasteiger partial charge in [0, 0.05) is 48.7 Å². The maximum atomic E-state index is 12.6. The number of aromatic nitrogens is 2. The average molecular weight is 341 g/mol. The van der Waals surface area contributed by atoms with Crippen LogP contribution in [0, 0.1) is 5.92 Å². The summed E-state index contributed by atoms with van der Waals surface area (Å²) in [6, 6.07) is 8.62. The molecule has 25 heavy (non-hydrogen) atoms. The Hall–Kier alpha value is -2.47. The Bertz CT molecular complexity index is 782. The number of amides is 1. The molecule has 2 aromatic rings. The molecule has 6 nitrogen and oxygen atoms in total. The van der Waals surface area contributed by atoms with Crippen LogP contribution in [-0.4, -0.2) is 32.7 Å². The fraction of sp³-hybridized carbons (Fsp3) is 0.421. The largest absolute Gasteiger partial charge is 0.393 e. The molecule has 132 valence electrons. The molecule has 1 amide bonds. The summed E-state index contributed by atoms with van der Waals surface area (Å²) >= 11 is 0. The number of carbonyl (C=O) groups excluding carboxylic acids is 1. The fourth-order valence-corrected chi connectivity index (χ4v) is 3.20. The number of aryl methyl sites for hydroxylation is 1. The third-order valence-electron chi connectivity index (χ3n) is 4.79. The van der Waals surface area contributed by atoms with Crippen molar-refractivity contribution in [2.75, 3.05) is 0 Å². The number of nitrogens with one attached hydrogen (secondary N) is 1. The minimum absolute atomic E-state index is 0.112. The molecule has 1 atom stereocenters. The second-order valence-electron chi connectivity index (χ2n) is 6.53. The van der Waals surface area contributed by atoms with E-state index in [0.29, 0.717) is 31.4 Å². The van der Waals surface area contributed by atoms with Gasteiger partial charge in [0.05, 0.1) is 6.10 Å². The third-order valence-corrected chi connectivity index (χ3v) is 4.79. The van der Waals surface area contributed by atoms with Gasteiger partial charge < -0.3 is 15.0 Å². The lowest BCUT2D eigenvalue weighted by Gasteiger charge is -2.38. The van der Waals surface area contributed by atoms with Crippen LogP contribution in [0.5, 0.6) is 0 Å². The molecule has 1 aliphatic carbocycles. The smallest absolute Gasteiger partial charge is 0.251 e. The van der Waals surface area contributed by atoms with E-state index < -0.39 is 0 Å². The van der Waals surface area contributed by atoms with E-state index in [9.17, 15) is 14.7 Å². The predicted molar refractivity (Wildman–Crippen MR) is 94.3 cm³/mol. The van der Waals surface area contributed by atoms with Crippen molar-refractivity contribution in [3.63, 3.8) is 0 Å². The number of pyridine rings is 2. The van der Waals surface area contributed by atoms with Gasteiger partial charge in [-0.1, -0.05) is 6.07 Å². The average Bonchev–Trinajstić information content (AvgIpc) is 2.59. The standard InChI is InChI=1S/C19H23N3O3/c1-2-22-8-6-13(11-18(22)24)19(25)21-17(14-9-16(23)10-14)12-15-5-3-4-7-20-15/h3-8,11,14,16-17,23H,2,9-10,12H2,1H3,(H,21,25)/t14?,16?,17-/m1/s1. The van der Waals surface area contributed by atoms with Crippen molar-refractivity contribution in [3.8, 4) is 0 Å². The van der Waals surface area contributed by atoms with Crippen LogP contribution in [0.3, 0.4) is 0 Å². The lowest BCUT2D eigenvalue weighted by Crippen LogP contribution is -2.48. The highest BCUT2D eigenvalue weighted by molar-refractivity contribution is 5.94. The summed E-state index contributed by atoms with van der Waals surface area (Å²) in [5, 5.41) is 12.6. The van der Waals surface area contributed by atoms with Gasteiger partial charge in [-0.05, 0) is 43.9 Å². The normalized spacial score (nSPS) is 20.6. The lowest BCUT2D eigenvalue weighted by molar-refractivity contribution is 0.0238. The van der Waals surface area contributed by atoms with Gasteiger partial charge in [-0.2, -0.15) is 0 Å². The molecule has 1 aliphatic rings. The van der Waals surface area contributed by atoms with Crippen molar-refractivity contribution in [3.05, 3.63) is 64.3 Å². The third kappa shape index (κ3) is 4.14. The molecule has 6 heteroatoms. The highest BCUT2D eigenvalue weighted by Gasteiger charge is 2.35. The Morgan fingerprint density at radius 2 is 2.20 bits per heavy atom. The lowest BCUT2D eigenvalue weighted by atomic mass is 9.76. The van der Waals surface area contributed by atoms with Crippen LogP contribution in [0.4, 0.5) is 0 Å². The first-order valence-corrected chi connectivity index (χ1v) is 8.66. The Balaban J connectivity index is 1.74. The maximum absolute atomic E-state index is 12.6. The molecular formula is C19H23N3O3. The van der Waals surface area contributed by atoms with Crippen molar-refractivity contribution in [1.82, 2.24) is 14.9 Å². The van der Waals surface area contributed by atoms with E-state index in [4.69, 9.17) is 0 Å². The highest BCUT2D eigenvalue weighted by atomic mass is 16.3. The fourth-order valence-electron chi connectivity index (χ4n) is 3.20. The maximum Gasteiger partial charge on any atom is 0.251 e. The topological polar surface area (TPSA) is 84.2 Å². The van der Waals surface area contributed by atoms with E-state index in [2.05, 4.69) is 10.3 Å². The van der Waals surface area contributed by atoms with E-state index in [1.54, 1.807) is 23.0 Å². The highest BCUT2D eigenvalue weighted by Crippen LogP contribution is 2.31. The summed E-state index contributed by atoms with van der Waals surface area (Å²) in [5.74, 6) is -0.0420. The van der Waals surface area contributed by atoms with Crippen molar-refractivity contribution in [1.29, 1.82) is 0 Å². The van der Waals surface area contributed by atoms with E-state index in [-0.39, 0.29) is 29.5 Å². The zero-order chi connectivity index (χ0) is 17.8. The first-order chi connectivity index (χ1) is 12.1. The van der Waals surface area contributed by atoms with E-state index in [1.165, 1.54) is 6.07 Å². The molecule has 0 radical (unpaired) electrons. The number of hydrogen-bond acceptors (Lipinski definition) is 4. The first kappa shape index (κ1) is 17.4. The number of aliphatic hydroxyl groups excluding tert-OH is 1. The number of nitrogens with zero attached hydrogens (tertiary/aromatic N) is 2. The van der Waals surface area contributed by atoms with Crippen LogP contribution in [0.1, 0.15) is 35.8 Å². The van der Waals surface area contributed by atoms with Crippen LogP contribution in [0.15, 0.2) is 47.5 Å². The summed E-state index contributed by atoms with van der Waals surface area (Å²) in [6.07, 6.45) is 5.04. The van der Waals surface area contributed by atoms with Gasteiger partial charge >= 0.3 is 0 Å². The molecular weight excluding hydrogens is 318 g/mol. The van der Waals surface area contributed by atoms with Gasteiger partial charge in [0.15, 0.2) is 0 Å². The summed E-state index contributed by atoms with van der Waals surface area (Å²) in [5.41, 5.74) is 1.08. The molecule has 0 unspecified atom stereocenters. The van der Waals surface area contributed by atoms with Gasteiger partial charge in [-0.25, -0.2) is 0 Å². The van der Waals surface area contributed by atoms with Crippen LogP contribution < -0.4 is 10.9 Å². The van der Waals surface area contributed by atoms with Gasteiger partial charge in [0.1, 0.15) is 0 Å². The second kappa shape index (κ2) is 7.61. The van der Waals surface area contributed by atoms with Crippen molar-refractivity contribution < 1.29 is 9.90 Å². The summed E-state index contributed by atoms with van der Waals surface area (Å²) < 4.78 is 1.55. The van der Waals surface area contributed by atoms with Crippen LogP contribution in [-0.2, 0) is 13.0 Å². The Morgan fingerprint density at radius 1 is 1.40 bits per heavy atom. The van der Waals surface area contributed by atoms with E-state index in [0.717, 1.165) is 5.69 Å². The second-order valence-corrected chi connectivity index (χ2v) is 6.53. The summed E-state index contributed by atoms with van der Waals surface area (Å²) in [7, 11) is 0. The monoisotopic (exact) mass is 341 g/mol. The number of carbonyl (C=O) groups is 1. The number of aliphatic hydroxyl groups is 1. The van der Waals surface area contributed by atoms with Crippen LogP contribution in [0.2, 0.25) is 0 Å². The molecule has 2 aromatic heterocycles. The number of hydrogen-bond donors (Lipinski definition) is 2. The Labute approximate surface area is 146 Å². The molecule has 0 saturated heterocycles. The molecule has 0 aliphatic heterocycles. The number of rotatable bonds is 6. The van der Waals surface area contributed by atoms with Gasteiger partial charge in [0.2, 0.25) is 0 Å². The molecule has 1 fully saturated rings. The first-order valence-electron chi connectivity index (χ1n) is 8.66. The van der Waals surface area contributed by atoms with Crippen molar-refractivity contribution in [2.24, 2.45) is 5.92 Å². The molecule has 1 saturated carbocycles. The van der Waals surface area contributed by atoms with E-state index in [1.807, 2.05) is 25.1 Å². The van der Waals surface area contributed by atoms with Crippen LogP contribution >= 0.6 is 0 Å². The van der Waals surface area contributed by atoms with E-state index >= 15 is 0 Å². The predicted octanol–water partition coefficient (Wildman–Crippen LogP) is 1.38. The van der Waals surface area contributed by atoms with Gasteiger partial charge in [-0.3, -0.25) is 14.6 Å². The molecule has 0 bridgehead atoms. The molecule has 3 rings (SSSR count). The van der Waals surface area contributed by atoms with Crippen molar-refractivity contribution >= 4 is 5.91 Å². The summed E-state index contributed by atoms with van der Waals surface area (Å²) in [6.45, 7) is 2.45. The molecule has 2 heterocycles. The Kier molecular flexibility index (Phi) is 5.28.